The molecule has 2 nitrogen and oxygen atoms in total. The van der Waals surface area contributed by atoms with Crippen LogP contribution in [0.4, 0.5) is 19.0 Å². The van der Waals surface area contributed by atoms with Crippen molar-refractivity contribution in [3.8, 4) is 0 Å². The Kier molecular flexibility index (Phi) is 4.02. The summed E-state index contributed by atoms with van der Waals surface area (Å²) in [5.74, 6) is 0.266. The van der Waals surface area contributed by atoms with Gasteiger partial charge in [-0.2, -0.15) is 13.2 Å². The first kappa shape index (κ1) is 13.1. The van der Waals surface area contributed by atoms with E-state index in [-0.39, 0.29) is 11.2 Å². The number of nitrogens with zero attached hydrogens (tertiary/aromatic N) is 2. The first-order valence-corrected chi connectivity index (χ1v) is 5.13. The van der Waals surface area contributed by atoms with Crippen LogP contribution in [0, 0.1) is 0 Å². The van der Waals surface area contributed by atoms with Crippen LogP contribution in [0.25, 0.3) is 0 Å². The largest absolute Gasteiger partial charge is 0.416 e. The normalized spacial score (nSPS) is 13.6. The zero-order valence-corrected chi connectivity index (χ0v) is 9.68. The van der Waals surface area contributed by atoms with Gasteiger partial charge < -0.3 is 4.90 Å². The smallest absolute Gasteiger partial charge is 0.358 e. The molecule has 0 aromatic carbocycles. The number of rotatable bonds is 3. The average Bonchev–Trinajstić information content (AvgIpc) is 2.15. The van der Waals surface area contributed by atoms with Gasteiger partial charge in [-0.1, -0.05) is 0 Å². The summed E-state index contributed by atoms with van der Waals surface area (Å²) in [5, 5.41) is -0.152. The molecule has 1 heterocycles. The number of hydrogen-bond acceptors (Lipinski definition) is 2. The van der Waals surface area contributed by atoms with E-state index in [1.165, 1.54) is 0 Å². The predicted molar refractivity (Wildman–Crippen MR) is 57.8 cm³/mol. The van der Waals surface area contributed by atoms with E-state index in [4.69, 9.17) is 11.6 Å². The average molecular weight is 253 g/mol. The number of aromatic nitrogens is 1. The molecule has 0 saturated carbocycles. The minimum absolute atomic E-state index is 0.152. The molecule has 0 aliphatic heterocycles. The van der Waals surface area contributed by atoms with Crippen LogP contribution in [0.5, 0.6) is 0 Å². The quantitative estimate of drug-likeness (QED) is 0.768. The van der Waals surface area contributed by atoms with Gasteiger partial charge in [-0.15, -0.1) is 11.6 Å². The highest BCUT2D eigenvalue weighted by molar-refractivity contribution is 6.20. The molecule has 1 aromatic rings. The first-order valence-electron chi connectivity index (χ1n) is 4.69. The number of hydrogen-bond donors (Lipinski definition) is 0. The molecule has 0 fully saturated rings. The number of alkyl halides is 4. The Labute approximate surface area is 97.0 Å². The van der Waals surface area contributed by atoms with Crippen molar-refractivity contribution in [2.24, 2.45) is 0 Å². The van der Waals surface area contributed by atoms with Crippen molar-refractivity contribution >= 4 is 17.4 Å². The van der Waals surface area contributed by atoms with E-state index in [1.54, 1.807) is 18.9 Å². The lowest BCUT2D eigenvalue weighted by Crippen LogP contribution is -2.25. The van der Waals surface area contributed by atoms with Gasteiger partial charge in [0.25, 0.3) is 0 Å². The molecule has 1 rings (SSSR count). The van der Waals surface area contributed by atoms with Gasteiger partial charge in [0.05, 0.1) is 5.56 Å². The van der Waals surface area contributed by atoms with Crippen molar-refractivity contribution in [2.75, 3.05) is 18.5 Å². The molecule has 0 radical (unpaired) electrons. The Morgan fingerprint density at radius 1 is 1.50 bits per heavy atom. The van der Waals surface area contributed by atoms with Gasteiger partial charge in [-0.25, -0.2) is 4.98 Å². The minimum atomic E-state index is -4.34. The highest BCUT2D eigenvalue weighted by Gasteiger charge is 2.31. The highest BCUT2D eigenvalue weighted by Crippen LogP contribution is 2.30. The fourth-order valence-corrected chi connectivity index (χ4v) is 1.48. The Morgan fingerprint density at radius 2 is 2.12 bits per heavy atom. The third-order valence-electron chi connectivity index (χ3n) is 1.99. The van der Waals surface area contributed by atoms with Gasteiger partial charge in [0.2, 0.25) is 0 Å². The summed E-state index contributed by atoms with van der Waals surface area (Å²) in [4.78, 5) is 5.46. The molecule has 1 unspecified atom stereocenters. The maximum absolute atomic E-state index is 12.4. The number of halogens is 4. The Bertz CT molecular complexity index is 352. The Balaban J connectivity index is 2.90. The molecule has 0 N–H and O–H groups in total. The lowest BCUT2D eigenvalue weighted by atomic mass is 10.2. The van der Waals surface area contributed by atoms with Crippen LogP contribution in [-0.2, 0) is 6.18 Å². The Hall–Kier alpha value is -0.970. The number of pyridine rings is 1. The van der Waals surface area contributed by atoms with E-state index in [0.717, 1.165) is 18.3 Å². The monoisotopic (exact) mass is 252 g/mol. The minimum Gasteiger partial charge on any atom is -0.358 e. The van der Waals surface area contributed by atoms with Crippen LogP contribution in [-0.4, -0.2) is 24.0 Å². The van der Waals surface area contributed by atoms with Crippen LogP contribution >= 0.6 is 11.6 Å². The van der Waals surface area contributed by atoms with Crippen LogP contribution in [0.2, 0.25) is 0 Å². The molecule has 0 aliphatic rings. The van der Waals surface area contributed by atoms with E-state index >= 15 is 0 Å². The van der Waals surface area contributed by atoms with Crippen molar-refractivity contribution in [3.05, 3.63) is 23.9 Å². The lowest BCUT2D eigenvalue weighted by molar-refractivity contribution is -0.137. The second-order valence-electron chi connectivity index (χ2n) is 3.56. The van der Waals surface area contributed by atoms with Crippen molar-refractivity contribution in [1.29, 1.82) is 0 Å². The second kappa shape index (κ2) is 4.91. The molecule has 0 amide bonds. The molecule has 1 aromatic heterocycles. The topological polar surface area (TPSA) is 16.1 Å². The van der Waals surface area contributed by atoms with Crippen molar-refractivity contribution in [2.45, 2.75) is 18.5 Å². The van der Waals surface area contributed by atoms with Crippen molar-refractivity contribution < 1.29 is 13.2 Å². The summed E-state index contributed by atoms with van der Waals surface area (Å²) in [6, 6.07) is 1.96. The molecule has 16 heavy (non-hydrogen) atoms. The van der Waals surface area contributed by atoms with Gasteiger partial charge in [0.1, 0.15) is 5.82 Å². The Morgan fingerprint density at radius 3 is 2.62 bits per heavy atom. The SMILES string of the molecule is CC(Cl)CN(C)c1cc(C(F)(F)F)ccn1. The zero-order chi connectivity index (χ0) is 12.3. The van der Waals surface area contributed by atoms with Crippen LogP contribution in [0.1, 0.15) is 12.5 Å². The van der Waals surface area contributed by atoms with Gasteiger partial charge in [-0.3, -0.25) is 0 Å². The standard InChI is InChI=1S/C10H12ClF3N2/c1-7(11)6-16(2)9-5-8(3-4-15-9)10(12,13)14/h3-5,7H,6H2,1-2H3. The fourth-order valence-electron chi connectivity index (χ4n) is 1.27. The molecular weight excluding hydrogens is 241 g/mol. The summed E-state index contributed by atoms with van der Waals surface area (Å²) in [5.41, 5.74) is -0.702. The van der Waals surface area contributed by atoms with Crippen molar-refractivity contribution in [3.63, 3.8) is 0 Å². The first-order chi connectivity index (χ1) is 7.30. The van der Waals surface area contributed by atoms with Crippen LogP contribution in [0.3, 0.4) is 0 Å². The summed E-state index contributed by atoms with van der Waals surface area (Å²) in [7, 11) is 1.65. The third kappa shape index (κ3) is 3.56. The lowest BCUT2D eigenvalue weighted by Gasteiger charge is -2.20. The van der Waals surface area contributed by atoms with Crippen molar-refractivity contribution in [1.82, 2.24) is 4.98 Å². The molecule has 1 atom stereocenters. The van der Waals surface area contributed by atoms with E-state index in [2.05, 4.69) is 4.98 Å². The van der Waals surface area contributed by atoms with E-state index in [0.29, 0.717) is 6.54 Å². The van der Waals surface area contributed by atoms with E-state index in [1.807, 2.05) is 0 Å². The molecule has 0 aliphatic carbocycles. The summed E-state index contributed by atoms with van der Waals surface area (Å²) < 4.78 is 37.3. The third-order valence-corrected chi connectivity index (χ3v) is 2.13. The summed E-state index contributed by atoms with van der Waals surface area (Å²) >= 11 is 5.76. The maximum atomic E-state index is 12.4. The number of anilines is 1. The van der Waals surface area contributed by atoms with Gasteiger partial charge >= 0.3 is 6.18 Å². The van der Waals surface area contributed by atoms with Crippen LogP contribution in [0.15, 0.2) is 18.3 Å². The van der Waals surface area contributed by atoms with Gasteiger partial charge in [-0.05, 0) is 19.1 Å². The summed E-state index contributed by atoms with van der Waals surface area (Å²) in [6.45, 7) is 2.21. The van der Waals surface area contributed by atoms with E-state index < -0.39 is 11.7 Å². The highest BCUT2D eigenvalue weighted by atomic mass is 35.5. The van der Waals surface area contributed by atoms with Gasteiger partial charge in [0.15, 0.2) is 0 Å². The molecular formula is C10H12ClF3N2. The van der Waals surface area contributed by atoms with E-state index in [9.17, 15) is 13.2 Å². The van der Waals surface area contributed by atoms with Gasteiger partial charge in [0, 0.05) is 25.2 Å². The molecule has 0 spiro atoms. The van der Waals surface area contributed by atoms with Crippen LogP contribution < -0.4 is 4.90 Å². The molecule has 90 valence electrons. The molecule has 0 saturated heterocycles. The molecule has 0 bridgehead atoms. The maximum Gasteiger partial charge on any atom is 0.416 e. The molecule has 6 heteroatoms. The fraction of sp³-hybridized carbons (Fsp3) is 0.500. The zero-order valence-electron chi connectivity index (χ0n) is 8.92. The predicted octanol–water partition coefficient (Wildman–Crippen LogP) is 3.16. The summed E-state index contributed by atoms with van der Waals surface area (Å²) in [6.07, 6.45) is -3.20. The second-order valence-corrected chi connectivity index (χ2v) is 4.31.